The van der Waals surface area contributed by atoms with Crippen LogP contribution in [0.2, 0.25) is 0 Å². The van der Waals surface area contributed by atoms with Gasteiger partial charge in [-0.1, -0.05) is 64.1 Å². The fraction of sp³-hybridized carbons (Fsp3) is 0.462. The van der Waals surface area contributed by atoms with Crippen LogP contribution >= 0.6 is 15.9 Å². The first kappa shape index (κ1) is 25.9. The Bertz CT molecular complexity index is 886. The molecule has 0 saturated carbocycles. The van der Waals surface area contributed by atoms with Crippen molar-refractivity contribution in [1.82, 2.24) is 10.2 Å². The van der Waals surface area contributed by atoms with Gasteiger partial charge in [0.2, 0.25) is 5.91 Å². The molecule has 0 fully saturated rings. The van der Waals surface area contributed by atoms with Crippen LogP contribution in [0.1, 0.15) is 64.5 Å². The summed E-state index contributed by atoms with van der Waals surface area (Å²) in [6.07, 6.45) is 1.35. The maximum absolute atomic E-state index is 13.3. The SMILES string of the molecule is CC[C@H](C(=O)N[C@@H](C)CC)N(Cc1ccccc1)C(=O)COc1ccc(C(C)C)cc1Br. The molecule has 0 unspecified atom stereocenters. The molecule has 2 aromatic rings. The van der Waals surface area contributed by atoms with E-state index >= 15 is 0 Å². The Balaban J connectivity index is 2.20. The van der Waals surface area contributed by atoms with Crippen LogP contribution in [0, 0.1) is 0 Å². The van der Waals surface area contributed by atoms with Gasteiger partial charge in [-0.2, -0.15) is 0 Å². The van der Waals surface area contributed by atoms with Crippen molar-refractivity contribution < 1.29 is 14.3 Å². The first-order valence-electron chi connectivity index (χ1n) is 11.3. The maximum Gasteiger partial charge on any atom is 0.261 e. The van der Waals surface area contributed by atoms with Gasteiger partial charge in [0, 0.05) is 12.6 Å². The molecule has 0 aliphatic carbocycles. The summed E-state index contributed by atoms with van der Waals surface area (Å²) in [4.78, 5) is 27.9. The first-order chi connectivity index (χ1) is 15.3. The summed E-state index contributed by atoms with van der Waals surface area (Å²) < 4.78 is 6.67. The van der Waals surface area contributed by atoms with E-state index in [0.29, 0.717) is 24.6 Å². The monoisotopic (exact) mass is 502 g/mol. The highest BCUT2D eigenvalue weighted by atomic mass is 79.9. The van der Waals surface area contributed by atoms with E-state index in [4.69, 9.17) is 4.74 Å². The molecule has 0 spiro atoms. The van der Waals surface area contributed by atoms with Crippen LogP contribution in [0.3, 0.4) is 0 Å². The Morgan fingerprint density at radius 1 is 1.03 bits per heavy atom. The molecule has 0 aromatic heterocycles. The summed E-state index contributed by atoms with van der Waals surface area (Å²) in [5, 5.41) is 3.02. The molecule has 2 amide bonds. The number of ether oxygens (including phenoxy) is 1. The first-order valence-corrected chi connectivity index (χ1v) is 12.1. The van der Waals surface area contributed by atoms with E-state index in [0.717, 1.165) is 16.5 Å². The molecular weight excluding hydrogens is 468 g/mol. The van der Waals surface area contributed by atoms with Crippen LogP contribution in [-0.2, 0) is 16.1 Å². The lowest BCUT2D eigenvalue weighted by atomic mass is 10.0. The summed E-state index contributed by atoms with van der Waals surface area (Å²) >= 11 is 3.54. The summed E-state index contributed by atoms with van der Waals surface area (Å²) in [5.41, 5.74) is 2.16. The van der Waals surface area contributed by atoms with Crippen molar-refractivity contribution in [3.8, 4) is 5.75 Å². The highest BCUT2D eigenvalue weighted by molar-refractivity contribution is 9.10. The number of amides is 2. The lowest BCUT2D eigenvalue weighted by Gasteiger charge is -2.31. The minimum absolute atomic E-state index is 0.0527. The molecule has 2 aromatic carbocycles. The van der Waals surface area contributed by atoms with Crippen molar-refractivity contribution in [2.45, 2.75) is 72.0 Å². The van der Waals surface area contributed by atoms with Crippen LogP contribution in [0.25, 0.3) is 0 Å². The van der Waals surface area contributed by atoms with E-state index in [1.54, 1.807) is 4.90 Å². The molecule has 0 radical (unpaired) electrons. The molecule has 2 rings (SSSR count). The van der Waals surface area contributed by atoms with Crippen molar-refractivity contribution in [1.29, 1.82) is 0 Å². The van der Waals surface area contributed by atoms with E-state index in [9.17, 15) is 9.59 Å². The molecule has 6 heteroatoms. The van der Waals surface area contributed by atoms with Gasteiger partial charge in [0.15, 0.2) is 6.61 Å². The Labute approximate surface area is 200 Å². The normalized spacial score (nSPS) is 12.8. The van der Waals surface area contributed by atoms with Gasteiger partial charge >= 0.3 is 0 Å². The van der Waals surface area contributed by atoms with Gasteiger partial charge in [-0.05, 0) is 64.9 Å². The highest BCUT2D eigenvalue weighted by Crippen LogP contribution is 2.29. The number of nitrogens with one attached hydrogen (secondary N) is 1. The Hall–Kier alpha value is -2.34. The van der Waals surface area contributed by atoms with Crippen LogP contribution in [0.4, 0.5) is 0 Å². The van der Waals surface area contributed by atoms with Crippen LogP contribution in [0.5, 0.6) is 5.75 Å². The topological polar surface area (TPSA) is 58.6 Å². The number of rotatable bonds is 11. The minimum Gasteiger partial charge on any atom is -0.483 e. The van der Waals surface area contributed by atoms with Gasteiger partial charge < -0.3 is 15.0 Å². The number of hydrogen-bond donors (Lipinski definition) is 1. The van der Waals surface area contributed by atoms with Crippen molar-refractivity contribution in [2.24, 2.45) is 0 Å². The van der Waals surface area contributed by atoms with Gasteiger partial charge in [0.25, 0.3) is 5.91 Å². The zero-order valence-corrected chi connectivity index (χ0v) is 21.3. The summed E-state index contributed by atoms with van der Waals surface area (Å²) in [6.45, 7) is 10.4. The average molecular weight is 503 g/mol. The number of halogens is 1. The molecule has 1 N–H and O–H groups in total. The van der Waals surface area contributed by atoms with Crippen molar-refractivity contribution in [3.63, 3.8) is 0 Å². The van der Waals surface area contributed by atoms with Gasteiger partial charge in [-0.3, -0.25) is 9.59 Å². The largest absolute Gasteiger partial charge is 0.483 e. The van der Waals surface area contributed by atoms with Gasteiger partial charge in [0.05, 0.1) is 4.47 Å². The molecule has 174 valence electrons. The van der Waals surface area contributed by atoms with Crippen molar-refractivity contribution in [3.05, 3.63) is 64.1 Å². The molecule has 0 aliphatic rings. The third kappa shape index (κ3) is 7.37. The molecule has 2 atom stereocenters. The van der Waals surface area contributed by atoms with Crippen LogP contribution < -0.4 is 10.1 Å². The number of benzene rings is 2. The third-order valence-corrected chi connectivity index (χ3v) is 6.18. The fourth-order valence-corrected chi connectivity index (χ4v) is 3.87. The van der Waals surface area contributed by atoms with E-state index in [1.807, 2.05) is 69.3 Å². The average Bonchev–Trinajstić information content (AvgIpc) is 2.78. The van der Waals surface area contributed by atoms with Crippen LogP contribution in [0.15, 0.2) is 53.0 Å². The standard InChI is InChI=1S/C26H35BrN2O3/c1-6-19(5)28-26(31)23(7-2)29(16-20-11-9-8-10-12-20)25(30)17-32-24-14-13-21(18(3)4)15-22(24)27/h8-15,18-19,23H,6-7,16-17H2,1-5H3,(H,28,31)/t19-,23+/m0/s1. The smallest absolute Gasteiger partial charge is 0.261 e. The molecular formula is C26H35BrN2O3. The Morgan fingerprint density at radius 2 is 1.72 bits per heavy atom. The van der Waals surface area contributed by atoms with Gasteiger partial charge in [-0.15, -0.1) is 0 Å². The maximum atomic E-state index is 13.3. The lowest BCUT2D eigenvalue weighted by Crippen LogP contribution is -2.51. The summed E-state index contributed by atoms with van der Waals surface area (Å²) in [5.74, 6) is 0.658. The van der Waals surface area contributed by atoms with Gasteiger partial charge in [-0.25, -0.2) is 0 Å². The van der Waals surface area contributed by atoms with E-state index in [-0.39, 0.29) is 24.5 Å². The molecule has 0 heterocycles. The molecule has 32 heavy (non-hydrogen) atoms. The summed E-state index contributed by atoms with van der Waals surface area (Å²) in [6, 6.07) is 15.1. The molecule has 0 bridgehead atoms. The molecule has 5 nitrogen and oxygen atoms in total. The van der Waals surface area contributed by atoms with Gasteiger partial charge in [0.1, 0.15) is 11.8 Å². The number of nitrogens with zero attached hydrogens (tertiary/aromatic N) is 1. The summed E-state index contributed by atoms with van der Waals surface area (Å²) in [7, 11) is 0. The Kier molecular flexibility index (Phi) is 10.2. The van der Waals surface area contributed by atoms with Crippen LogP contribution in [-0.4, -0.2) is 35.4 Å². The zero-order valence-electron chi connectivity index (χ0n) is 19.7. The number of hydrogen-bond acceptors (Lipinski definition) is 3. The van der Waals surface area contributed by atoms with E-state index < -0.39 is 6.04 Å². The van der Waals surface area contributed by atoms with Crippen molar-refractivity contribution >= 4 is 27.7 Å². The predicted molar refractivity (Wildman–Crippen MR) is 133 cm³/mol. The van der Waals surface area contributed by atoms with Crippen molar-refractivity contribution in [2.75, 3.05) is 6.61 Å². The number of carbonyl (C=O) groups is 2. The molecule has 0 saturated heterocycles. The quantitative estimate of drug-likeness (QED) is 0.430. The van der Waals surface area contributed by atoms with E-state index in [2.05, 4.69) is 35.1 Å². The third-order valence-electron chi connectivity index (χ3n) is 5.56. The van der Waals surface area contributed by atoms with E-state index in [1.165, 1.54) is 5.56 Å². The second kappa shape index (κ2) is 12.6. The number of carbonyl (C=O) groups excluding carboxylic acids is 2. The molecule has 0 aliphatic heterocycles. The zero-order chi connectivity index (χ0) is 23.7. The second-order valence-electron chi connectivity index (χ2n) is 8.38. The minimum atomic E-state index is -0.563. The second-order valence-corrected chi connectivity index (χ2v) is 9.24. The lowest BCUT2D eigenvalue weighted by molar-refractivity contribution is -0.143. The Morgan fingerprint density at radius 3 is 2.28 bits per heavy atom. The predicted octanol–water partition coefficient (Wildman–Crippen LogP) is 5.67. The highest BCUT2D eigenvalue weighted by Gasteiger charge is 2.29. The fourth-order valence-electron chi connectivity index (χ4n) is 3.36.